The van der Waals surface area contributed by atoms with Crippen LogP contribution >= 0.6 is 22.9 Å². The van der Waals surface area contributed by atoms with Crippen LogP contribution in [0.15, 0.2) is 53.6 Å². The molecule has 2 aromatic carbocycles. The zero-order chi connectivity index (χ0) is 18.5. The monoisotopic (exact) mass is 388 g/mol. The third-order valence-electron chi connectivity index (χ3n) is 3.74. The van der Waals surface area contributed by atoms with E-state index < -0.39 is 0 Å². The van der Waals surface area contributed by atoms with Crippen molar-refractivity contribution >= 4 is 45.0 Å². The molecule has 2 N–H and O–H groups in total. The summed E-state index contributed by atoms with van der Waals surface area (Å²) in [5.74, 6) is -0.513. The number of para-hydroxylation sites is 1. The fourth-order valence-corrected chi connectivity index (χ4v) is 3.45. The van der Waals surface area contributed by atoms with Gasteiger partial charge in [0, 0.05) is 30.6 Å². The molecule has 0 fully saturated rings. The van der Waals surface area contributed by atoms with Gasteiger partial charge in [0.1, 0.15) is 0 Å². The van der Waals surface area contributed by atoms with Crippen LogP contribution in [0.25, 0.3) is 10.2 Å². The number of nitrogens with one attached hydrogen (secondary N) is 2. The zero-order valence-corrected chi connectivity index (χ0v) is 15.6. The van der Waals surface area contributed by atoms with Crippen LogP contribution in [0.3, 0.4) is 0 Å². The number of halogens is 1. The van der Waals surface area contributed by atoms with Crippen molar-refractivity contribution in [2.24, 2.45) is 12.1 Å². The second-order valence-electron chi connectivity index (χ2n) is 5.57. The molecular weight excluding hydrogens is 372 g/mol. The minimum absolute atomic E-state index is 0.136. The van der Waals surface area contributed by atoms with E-state index in [4.69, 9.17) is 11.6 Å². The van der Waals surface area contributed by atoms with Gasteiger partial charge in [-0.3, -0.25) is 9.59 Å². The highest BCUT2D eigenvalue weighted by atomic mass is 35.5. The van der Waals surface area contributed by atoms with E-state index >= 15 is 0 Å². The fraction of sp³-hybridized carbons (Fsp3) is 0.167. The van der Waals surface area contributed by atoms with Crippen molar-refractivity contribution in [3.8, 4) is 0 Å². The molecule has 0 radical (unpaired) electrons. The highest BCUT2D eigenvalue weighted by molar-refractivity contribution is 7.16. The summed E-state index contributed by atoms with van der Waals surface area (Å²) in [6.45, 7) is 0.224. The standard InChI is InChI=1S/C18H17ClN4O2S/c1-23-14-4-2-3-5-15(14)26-18(23)22-21-16(24)10-11-20-17(25)12-6-8-13(19)9-7-12/h2-9H,10-11H2,1H3,(H,20,25)(H,21,24)/b22-18-. The first-order chi connectivity index (χ1) is 12.5. The number of carbonyl (C=O) groups excluding carboxylic acids is 2. The number of hydrogen-bond donors (Lipinski definition) is 2. The molecule has 0 atom stereocenters. The lowest BCUT2D eigenvalue weighted by atomic mass is 10.2. The van der Waals surface area contributed by atoms with E-state index in [9.17, 15) is 9.59 Å². The van der Waals surface area contributed by atoms with Crippen molar-refractivity contribution in [2.75, 3.05) is 6.54 Å². The number of nitrogens with zero attached hydrogens (tertiary/aromatic N) is 2. The third kappa shape index (κ3) is 4.30. The summed E-state index contributed by atoms with van der Waals surface area (Å²) >= 11 is 7.28. The van der Waals surface area contributed by atoms with Crippen LogP contribution in [-0.2, 0) is 11.8 Å². The molecule has 26 heavy (non-hydrogen) atoms. The normalized spacial score (nSPS) is 11.5. The number of fused-ring (bicyclic) bond motifs is 1. The quantitative estimate of drug-likeness (QED) is 0.659. The Morgan fingerprint density at radius 2 is 1.88 bits per heavy atom. The lowest BCUT2D eigenvalue weighted by molar-refractivity contribution is -0.121. The van der Waals surface area contributed by atoms with E-state index in [1.165, 1.54) is 11.3 Å². The van der Waals surface area contributed by atoms with Crippen molar-refractivity contribution in [1.29, 1.82) is 0 Å². The second kappa shape index (κ2) is 8.16. The molecule has 8 heteroatoms. The second-order valence-corrected chi connectivity index (χ2v) is 7.02. The van der Waals surface area contributed by atoms with Gasteiger partial charge < -0.3 is 9.88 Å². The fourth-order valence-electron chi connectivity index (χ4n) is 2.35. The minimum atomic E-state index is -0.265. The highest BCUT2D eigenvalue weighted by Gasteiger charge is 2.07. The summed E-state index contributed by atoms with van der Waals surface area (Å²) in [6, 6.07) is 14.5. The maximum atomic E-state index is 11.9. The lowest BCUT2D eigenvalue weighted by Gasteiger charge is -2.04. The molecule has 6 nitrogen and oxygen atoms in total. The molecule has 0 aliphatic heterocycles. The molecule has 0 aliphatic rings. The Labute approximate surface area is 159 Å². The van der Waals surface area contributed by atoms with E-state index in [0.29, 0.717) is 15.4 Å². The highest BCUT2D eigenvalue weighted by Crippen LogP contribution is 2.14. The van der Waals surface area contributed by atoms with E-state index in [1.54, 1.807) is 24.3 Å². The Balaban J connectivity index is 1.53. The summed E-state index contributed by atoms with van der Waals surface area (Å²) < 4.78 is 3.01. The molecular formula is C18H17ClN4O2S. The summed E-state index contributed by atoms with van der Waals surface area (Å²) in [7, 11) is 1.90. The van der Waals surface area contributed by atoms with Crippen molar-refractivity contribution < 1.29 is 9.59 Å². The van der Waals surface area contributed by atoms with Gasteiger partial charge in [-0.1, -0.05) is 35.1 Å². The molecule has 1 aromatic heterocycles. The molecule has 0 spiro atoms. The number of thiazole rings is 1. The van der Waals surface area contributed by atoms with E-state index in [0.717, 1.165) is 10.2 Å². The largest absolute Gasteiger partial charge is 0.352 e. The average molecular weight is 389 g/mol. The van der Waals surface area contributed by atoms with Crippen LogP contribution in [0.2, 0.25) is 5.02 Å². The molecule has 2 amide bonds. The van der Waals surface area contributed by atoms with Gasteiger partial charge in [-0.05, 0) is 36.4 Å². The van der Waals surface area contributed by atoms with E-state index in [-0.39, 0.29) is 24.8 Å². The van der Waals surface area contributed by atoms with Crippen LogP contribution in [0, 0.1) is 0 Å². The Morgan fingerprint density at radius 3 is 2.62 bits per heavy atom. The maximum absolute atomic E-state index is 11.9. The molecule has 3 aromatic rings. The molecule has 3 rings (SSSR count). The summed E-state index contributed by atoms with van der Waals surface area (Å²) in [5, 5.41) is 7.42. The molecule has 0 unspecified atom stereocenters. The SMILES string of the molecule is Cn1/c(=N/NC(=O)CCNC(=O)c2ccc(Cl)cc2)sc2ccccc21. The smallest absolute Gasteiger partial charge is 0.251 e. The van der Waals surface area contributed by atoms with Crippen LogP contribution < -0.4 is 15.5 Å². The predicted molar refractivity (Wildman–Crippen MR) is 103 cm³/mol. The first-order valence-corrected chi connectivity index (χ1v) is 9.15. The van der Waals surface area contributed by atoms with Gasteiger partial charge in [0.25, 0.3) is 5.91 Å². The Kier molecular flexibility index (Phi) is 5.70. The van der Waals surface area contributed by atoms with Crippen molar-refractivity contribution in [3.05, 3.63) is 63.9 Å². The summed E-state index contributed by atoms with van der Waals surface area (Å²) in [4.78, 5) is 24.6. The van der Waals surface area contributed by atoms with Crippen LogP contribution in [-0.4, -0.2) is 22.9 Å². The number of rotatable bonds is 5. The van der Waals surface area contributed by atoms with Gasteiger partial charge in [-0.15, -0.1) is 5.10 Å². The summed E-state index contributed by atoms with van der Waals surface area (Å²) in [6.07, 6.45) is 0.136. The molecule has 1 heterocycles. The molecule has 0 saturated heterocycles. The molecule has 134 valence electrons. The lowest BCUT2D eigenvalue weighted by Crippen LogP contribution is -2.30. The number of aromatic nitrogens is 1. The Bertz CT molecular complexity index is 1010. The van der Waals surface area contributed by atoms with E-state index in [2.05, 4.69) is 15.8 Å². The van der Waals surface area contributed by atoms with Gasteiger partial charge in [-0.2, -0.15) is 0 Å². The van der Waals surface area contributed by atoms with Gasteiger partial charge in [0.05, 0.1) is 10.2 Å². The van der Waals surface area contributed by atoms with Crippen molar-refractivity contribution in [2.45, 2.75) is 6.42 Å². The number of amides is 2. The number of benzene rings is 2. The van der Waals surface area contributed by atoms with Gasteiger partial charge in [0.15, 0.2) is 0 Å². The first-order valence-electron chi connectivity index (χ1n) is 7.95. The Hall–Kier alpha value is -2.64. The predicted octanol–water partition coefficient (Wildman–Crippen LogP) is 2.65. The molecule has 0 aliphatic carbocycles. The maximum Gasteiger partial charge on any atom is 0.251 e. The third-order valence-corrected chi connectivity index (χ3v) is 5.10. The zero-order valence-electron chi connectivity index (χ0n) is 14.0. The number of carbonyl (C=O) groups is 2. The minimum Gasteiger partial charge on any atom is -0.352 e. The van der Waals surface area contributed by atoms with Crippen LogP contribution in [0.4, 0.5) is 0 Å². The van der Waals surface area contributed by atoms with Crippen molar-refractivity contribution in [3.63, 3.8) is 0 Å². The van der Waals surface area contributed by atoms with Crippen LogP contribution in [0.1, 0.15) is 16.8 Å². The van der Waals surface area contributed by atoms with Crippen LogP contribution in [0.5, 0.6) is 0 Å². The molecule has 0 saturated carbocycles. The topological polar surface area (TPSA) is 75.5 Å². The van der Waals surface area contributed by atoms with Gasteiger partial charge >= 0.3 is 0 Å². The van der Waals surface area contributed by atoms with Crippen molar-refractivity contribution in [1.82, 2.24) is 15.3 Å². The Morgan fingerprint density at radius 1 is 1.15 bits per heavy atom. The van der Waals surface area contributed by atoms with Gasteiger partial charge in [-0.25, -0.2) is 5.43 Å². The average Bonchev–Trinajstić information content (AvgIpc) is 2.97. The number of aryl methyl sites for hydroxylation is 1. The summed E-state index contributed by atoms with van der Waals surface area (Å²) in [5.41, 5.74) is 4.08. The first kappa shape index (κ1) is 18.2. The molecule has 0 bridgehead atoms. The van der Waals surface area contributed by atoms with Gasteiger partial charge in [0.2, 0.25) is 10.7 Å². The van der Waals surface area contributed by atoms with E-state index in [1.807, 2.05) is 35.9 Å². The number of hydrogen-bond acceptors (Lipinski definition) is 4.